The van der Waals surface area contributed by atoms with Crippen molar-refractivity contribution in [3.63, 3.8) is 0 Å². The van der Waals surface area contributed by atoms with Crippen LogP contribution in [0.25, 0.3) is 116 Å². The highest BCUT2D eigenvalue weighted by molar-refractivity contribution is 6.26. The smallest absolute Gasteiger partial charge is 0.238 e. The van der Waals surface area contributed by atoms with Gasteiger partial charge in [-0.1, -0.05) is 194 Å². The average Bonchev–Trinajstić information content (AvgIpc) is 3.69. The first-order chi connectivity index (χ1) is 30.2. The third-order valence-corrected chi connectivity index (χ3v) is 12.0. The van der Waals surface area contributed by atoms with E-state index in [1.807, 2.05) is 18.2 Å². The second-order valence-electron chi connectivity index (χ2n) is 15.6. The van der Waals surface area contributed by atoms with E-state index in [1.54, 1.807) is 0 Å². The normalized spacial score (nSPS) is 11.6. The Morgan fingerprint density at radius 1 is 0.262 bits per heavy atom. The molecular weight excluding hydrogens is 741 g/mol. The summed E-state index contributed by atoms with van der Waals surface area (Å²) in [7, 11) is 0. The molecule has 0 fully saturated rings. The summed E-state index contributed by atoms with van der Waals surface area (Å²) >= 11 is 0. The third-order valence-electron chi connectivity index (χ3n) is 12.0. The number of rotatable bonds is 6. The second kappa shape index (κ2) is 14.3. The molecule has 0 bridgehead atoms. The van der Waals surface area contributed by atoms with Crippen molar-refractivity contribution in [1.29, 1.82) is 0 Å². The maximum absolute atomic E-state index is 5.41. The fraction of sp³-hybridized carbons (Fsp3) is 0. The number of hydrogen-bond donors (Lipinski definition) is 0. The SMILES string of the molecule is c1ccc(-c2cccc(-c3cccc4c5ccccc5n(-c5nc(-c6ccccc6)nc(-c6ccc7c8ccc(-c9ccccc9)cc8c8ccccc8c7c6)n5)c34)c2)cc1. The highest BCUT2D eigenvalue weighted by Gasteiger charge is 2.21. The maximum Gasteiger partial charge on any atom is 0.238 e. The van der Waals surface area contributed by atoms with Crippen LogP contribution in [0.2, 0.25) is 0 Å². The topological polar surface area (TPSA) is 43.6 Å². The van der Waals surface area contributed by atoms with Crippen LogP contribution in [-0.4, -0.2) is 19.5 Å². The largest absolute Gasteiger partial charge is 0.277 e. The van der Waals surface area contributed by atoms with Gasteiger partial charge in [0.1, 0.15) is 0 Å². The van der Waals surface area contributed by atoms with Gasteiger partial charge in [-0.3, -0.25) is 4.57 Å². The van der Waals surface area contributed by atoms with Gasteiger partial charge in [0.15, 0.2) is 11.6 Å². The Hall–Kier alpha value is -8.21. The molecule has 12 aromatic rings. The molecule has 4 nitrogen and oxygen atoms in total. The fourth-order valence-corrected chi connectivity index (χ4v) is 9.17. The zero-order valence-electron chi connectivity index (χ0n) is 33.1. The van der Waals surface area contributed by atoms with Crippen LogP contribution in [0.3, 0.4) is 0 Å². The van der Waals surface area contributed by atoms with Crippen molar-refractivity contribution in [3.8, 4) is 62.1 Å². The minimum Gasteiger partial charge on any atom is -0.277 e. The number of fused-ring (bicyclic) bond motifs is 9. The summed E-state index contributed by atoms with van der Waals surface area (Å²) < 4.78 is 2.24. The van der Waals surface area contributed by atoms with Crippen molar-refractivity contribution in [2.45, 2.75) is 0 Å². The molecule has 61 heavy (non-hydrogen) atoms. The molecular formula is C57H36N4. The molecule has 0 spiro atoms. The van der Waals surface area contributed by atoms with Crippen LogP contribution >= 0.6 is 0 Å². The van der Waals surface area contributed by atoms with E-state index in [4.69, 9.17) is 15.0 Å². The van der Waals surface area contributed by atoms with E-state index >= 15 is 0 Å². The van der Waals surface area contributed by atoms with Crippen LogP contribution < -0.4 is 0 Å². The molecule has 4 heteroatoms. The van der Waals surface area contributed by atoms with E-state index in [-0.39, 0.29) is 0 Å². The van der Waals surface area contributed by atoms with Crippen molar-refractivity contribution >= 4 is 54.1 Å². The number of aromatic nitrogens is 4. The molecule has 0 aliphatic heterocycles. The van der Waals surface area contributed by atoms with E-state index in [2.05, 4.69) is 205 Å². The van der Waals surface area contributed by atoms with Gasteiger partial charge in [0.2, 0.25) is 5.95 Å². The summed E-state index contributed by atoms with van der Waals surface area (Å²) in [5, 5.41) is 9.50. The van der Waals surface area contributed by atoms with Crippen LogP contribution in [0.1, 0.15) is 0 Å². The van der Waals surface area contributed by atoms with Crippen molar-refractivity contribution in [2.75, 3.05) is 0 Å². The highest BCUT2D eigenvalue weighted by atomic mass is 15.2. The zero-order valence-corrected chi connectivity index (χ0v) is 33.1. The lowest BCUT2D eigenvalue weighted by molar-refractivity contribution is 0.954. The van der Waals surface area contributed by atoms with Crippen LogP contribution in [0.5, 0.6) is 0 Å². The van der Waals surface area contributed by atoms with E-state index in [1.165, 1.54) is 49.2 Å². The van der Waals surface area contributed by atoms with Gasteiger partial charge in [-0.2, -0.15) is 9.97 Å². The van der Waals surface area contributed by atoms with Crippen molar-refractivity contribution in [1.82, 2.24) is 19.5 Å². The molecule has 0 aliphatic carbocycles. The third kappa shape index (κ3) is 5.88. The fourth-order valence-electron chi connectivity index (χ4n) is 9.17. The number of benzene rings is 10. The Morgan fingerprint density at radius 2 is 0.721 bits per heavy atom. The van der Waals surface area contributed by atoms with Gasteiger partial charge in [0, 0.05) is 27.5 Å². The van der Waals surface area contributed by atoms with Crippen molar-refractivity contribution < 1.29 is 0 Å². The predicted molar refractivity (Wildman–Crippen MR) is 254 cm³/mol. The van der Waals surface area contributed by atoms with E-state index in [0.717, 1.165) is 49.4 Å². The van der Waals surface area contributed by atoms with Crippen LogP contribution in [0.4, 0.5) is 0 Å². The summed E-state index contributed by atoms with van der Waals surface area (Å²) in [5.74, 6) is 1.80. The van der Waals surface area contributed by atoms with Crippen LogP contribution in [0, 0.1) is 0 Å². The summed E-state index contributed by atoms with van der Waals surface area (Å²) in [6.07, 6.45) is 0. The van der Waals surface area contributed by atoms with Crippen molar-refractivity contribution in [3.05, 3.63) is 218 Å². The first-order valence-corrected chi connectivity index (χ1v) is 20.7. The van der Waals surface area contributed by atoms with Gasteiger partial charge in [-0.25, -0.2) is 4.98 Å². The van der Waals surface area contributed by atoms with Crippen molar-refractivity contribution in [2.24, 2.45) is 0 Å². The molecule has 2 aromatic heterocycles. The van der Waals surface area contributed by atoms with Gasteiger partial charge in [0.25, 0.3) is 0 Å². The minimum atomic E-state index is 0.568. The summed E-state index contributed by atoms with van der Waals surface area (Å²) in [5.41, 5.74) is 10.9. The Balaban J connectivity index is 1.10. The first-order valence-electron chi connectivity index (χ1n) is 20.7. The second-order valence-corrected chi connectivity index (χ2v) is 15.6. The average molecular weight is 777 g/mol. The lowest BCUT2D eigenvalue weighted by atomic mass is 9.91. The Bertz CT molecular complexity index is 3610. The lowest BCUT2D eigenvalue weighted by Crippen LogP contribution is -2.07. The van der Waals surface area contributed by atoms with Gasteiger partial charge in [-0.15, -0.1) is 0 Å². The molecule has 0 aliphatic rings. The Kier molecular flexibility index (Phi) is 8.13. The van der Waals surface area contributed by atoms with E-state index in [9.17, 15) is 0 Å². The molecule has 0 saturated carbocycles. The standard InChI is InChI=1S/C57H36N4/c1-4-16-37(17-5-1)40-22-14-23-42(34-40)44-27-15-28-50-49-26-12-13-29-53(49)61(54(44)50)57-59-55(39-20-8-3-9-21-39)58-56(60-57)43-31-33-48-47-32-30-41(38-18-6-2-7-19-38)35-51(47)45-24-10-11-25-46(45)52(48)36-43/h1-36H. The molecule has 12 rings (SSSR count). The Morgan fingerprint density at radius 3 is 1.39 bits per heavy atom. The molecule has 0 radical (unpaired) electrons. The van der Waals surface area contributed by atoms with Crippen LogP contribution in [0.15, 0.2) is 218 Å². The molecule has 10 aromatic carbocycles. The van der Waals surface area contributed by atoms with Gasteiger partial charge >= 0.3 is 0 Å². The predicted octanol–water partition coefficient (Wildman–Crippen LogP) is 14.8. The molecule has 0 unspecified atom stereocenters. The monoisotopic (exact) mass is 776 g/mol. The summed E-state index contributed by atoms with van der Waals surface area (Å²) in [6.45, 7) is 0. The number of hydrogen-bond acceptors (Lipinski definition) is 3. The first kappa shape index (κ1) is 34.8. The van der Waals surface area contributed by atoms with Gasteiger partial charge in [-0.05, 0) is 84.4 Å². The minimum absolute atomic E-state index is 0.568. The van der Waals surface area contributed by atoms with E-state index < -0.39 is 0 Å². The molecule has 2 heterocycles. The molecule has 284 valence electrons. The maximum atomic E-state index is 5.41. The molecule has 0 atom stereocenters. The molecule has 0 saturated heterocycles. The van der Waals surface area contributed by atoms with E-state index in [0.29, 0.717) is 17.6 Å². The lowest BCUT2D eigenvalue weighted by Gasteiger charge is -2.15. The Labute approximate surface area is 352 Å². The summed E-state index contributed by atoms with van der Waals surface area (Å²) in [6, 6.07) is 77.6. The zero-order chi connectivity index (χ0) is 40.3. The quantitative estimate of drug-likeness (QED) is 0.158. The summed E-state index contributed by atoms with van der Waals surface area (Å²) in [4.78, 5) is 15.9. The molecule has 0 amide bonds. The van der Waals surface area contributed by atoms with Crippen LogP contribution in [-0.2, 0) is 0 Å². The van der Waals surface area contributed by atoms with Gasteiger partial charge in [0.05, 0.1) is 11.0 Å². The van der Waals surface area contributed by atoms with Gasteiger partial charge < -0.3 is 0 Å². The highest BCUT2D eigenvalue weighted by Crippen LogP contribution is 2.41. The number of nitrogens with zero attached hydrogens (tertiary/aromatic N) is 4. The molecule has 0 N–H and O–H groups in total. The number of para-hydroxylation sites is 2.